The van der Waals surface area contributed by atoms with Crippen LogP contribution in [0.15, 0.2) is 47.3 Å². The van der Waals surface area contributed by atoms with Crippen molar-refractivity contribution in [3.8, 4) is 0 Å². The van der Waals surface area contributed by atoms with E-state index >= 15 is 0 Å². The molecule has 0 saturated carbocycles. The average molecular weight is 433 g/mol. The Morgan fingerprint density at radius 1 is 1.06 bits per heavy atom. The second-order valence-electron chi connectivity index (χ2n) is 8.37. The van der Waals surface area contributed by atoms with E-state index in [4.69, 9.17) is 4.37 Å². The van der Waals surface area contributed by atoms with Crippen LogP contribution in [-0.2, 0) is 12.8 Å². The fourth-order valence-electron chi connectivity index (χ4n) is 4.69. The number of anilines is 1. The third kappa shape index (κ3) is 3.86. The van der Waals surface area contributed by atoms with Crippen molar-refractivity contribution >= 4 is 38.3 Å². The third-order valence-corrected chi connectivity index (χ3v) is 7.38. The van der Waals surface area contributed by atoms with Crippen LogP contribution in [0.1, 0.15) is 23.6 Å². The zero-order valence-electron chi connectivity index (χ0n) is 18.1. The molecule has 2 aromatic heterocycles. The van der Waals surface area contributed by atoms with E-state index in [1.165, 1.54) is 21.0 Å². The van der Waals surface area contributed by atoms with Gasteiger partial charge in [0.05, 0.1) is 4.70 Å². The van der Waals surface area contributed by atoms with Crippen molar-refractivity contribution in [2.24, 2.45) is 0 Å². The standard InChI is InChI=1S/C25H28N4OS/c1-3-19-17(2)21-16-18(8-9-22(21)26-25(19)30)10-11-28-12-14-29(15-13-28)24-20-6-4-5-7-23(20)31-27-24/h4-9,16H,3,10-15H2,1-2H3,(H,26,30). The number of aryl methyl sites for hydroxylation is 1. The Labute approximate surface area is 186 Å². The molecule has 0 bridgehead atoms. The Morgan fingerprint density at radius 2 is 1.87 bits per heavy atom. The van der Waals surface area contributed by atoms with E-state index in [0.29, 0.717) is 0 Å². The molecule has 1 N–H and O–H groups in total. The minimum Gasteiger partial charge on any atom is -0.353 e. The predicted octanol–water partition coefficient (Wildman–Crippen LogP) is 4.37. The summed E-state index contributed by atoms with van der Waals surface area (Å²) in [5, 5.41) is 2.45. The van der Waals surface area contributed by atoms with Gasteiger partial charge in [0.1, 0.15) is 5.82 Å². The highest BCUT2D eigenvalue weighted by Gasteiger charge is 2.20. The van der Waals surface area contributed by atoms with Gasteiger partial charge in [-0.15, -0.1) is 0 Å². The quantitative estimate of drug-likeness (QED) is 0.509. The van der Waals surface area contributed by atoms with Gasteiger partial charge < -0.3 is 9.88 Å². The van der Waals surface area contributed by atoms with E-state index in [9.17, 15) is 4.79 Å². The van der Waals surface area contributed by atoms with Crippen LogP contribution in [0, 0.1) is 6.92 Å². The number of benzene rings is 2. The normalized spacial score (nSPS) is 15.2. The zero-order valence-corrected chi connectivity index (χ0v) is 19.0. The fraction of sp³-hybridized carbons (Fsp3) is 0.360. The number of pyridine rings is 1. The first-order chi connectivity index (χ1) is 15.1. The van der Waals surface area contributed by atoms with Crippen molar-refractivity contribution in [2.45, 2.75) is 26.7 Å². The molecule has 0 spiro atoms. The minimum atomic E-state index is 0.0472. The van der Waals surface area contributed by atoms with Gasteiger partial charge in [-0.05, 0) is 66.7 Å². The summed E-state index contributed by atoms with van der Waals surface area (Å²) in [6.07, 6.45) is 1.79. The second-order valence-corrected chi connectivity index (χ2v) is 9.18. The summed E-state index contributed by atoms with van der Waals surface area (Å²) < 4.78 is 5.98. The van der Waals surface area contributed by atoms with Crippen LogP contribution >= 0.6 is 11.5 Å². The van der Waals surface area contributed by atoms with Gasteiger partial charge in [0.2, 0.25) is 0 Å². The van der Waals surface area contributed by atoms with Crippen LogP contribution in [0.5, 0.6) is 0 Å². The molecule has 4 aromatic rings. The molecular weight excluding hydrogens is 404 g/mol. The zero-order chi connectivity index (χ0) is 21.4. The number of piperazine rings is 1. The van der Waals surface area contributed by atoms with Crippen LogP contribution in [0.4, 0.5) is 5.82 Å². The molecule has 0 unspecified atom stereocenters. The molecule has 6 heteroatoms. The van der Waals surface area contributed by atoms with Crippen molar-refractivity contribution in [2.75, 3.05) is 37.6 Å². The Morgan fingerprint density at radius 3 is 2.68 bits per heavy atom. The lowest BCUT2D eigenvalue weighted by Gasteiger charge is -2.35. The fourth-order valence-corrected chi connectivity index (χ4v) is 5.49. The smallest absolute Gasteiger partial charge is 0.251 e. The van der Waals surface area contributed by atoms with Crippen molar-refractivity contribution in [1.29, 1.82) is 0 Å². The predicted molar refractivity (Wildman–Crippen MR) is 131 cm³/mol. The lowest BCUT2D eigenvalue weighted by molar-refractivity contribution is 0.261. The van der Waals surface area contributed by atoms with Gasteiger partial charge in [0.15, 0.2) is 0 Å². The highest BCUT2D eigenvalue weighted by Crippen LogP contribution is 2.29. The number of hydrogen-bond acceptors (Lipinski definition) is 5. The van der Waals surface area contributed by atoms with E-state index in [1.54, 1.807) is 11.5 Å². The summed E-state index contributed by atoms with van der Waals surface area (Å²) in [7, 11) is 0. The highest BCUT2D eigenvalue weighted by atomic mass is 32.1. The molecule has 160 valence electrons. The van der Waals surface area contributed by atoms with E-state index in [2.05, 4.69) is 64.2 Å². The largest absolute Gasteiger partial charge is 0.353 e. The summed E-state index contributed by atoms with van der Waals surface area (Å²) in [6, 6.07) is 15.0. The Kier molecular flexibility index (Phi) is 5.50. The minimum absolute atomic E-state index is 0.0472. The number of aromatic amines is 1. The maximum atomic E-state index is 12.2. The lowest BCUT2D eigenvalue weighted by atomic mass is 10.00. The van der Waals surface area contributed by atoms with Crippen LogP contribution in [0.25, 0.3) is 21.0 Å². The summed E-state index contributed by atoms with van der Waals surface area (Å²) in [5.41, 5.74) is 4.33. The van der Waals surface area contributed by atoms with Crippen LogP contribution in [0.3, 0.4) is 0 Å². The van der Waals surface area contributed by atoms with E-state index in [0.717, 1.165) is 68.0 Å². The molecule has 1 aliphatic heterocycles. The van der Waals surface area contributed by atoms with Crippen molar-refractivity contribution in [1.82, 2.24) is 14.3 Å². The summed E-state index contributed by atoms with van der Waals surface area (Å²) in [6.45, 7) is 9.33. The number of aromatic nitrogens is 2. The first-order valence-electron chi connectivity index (χ1n) is 11.1. The summed E-state index contributed by atoms with van der Waals surface area (Å²) in [4.78, 5) is 20.2. The number of hydrogen-bond donors (Lipinski definition) is 1. The highest BCUT2D eigenvalue weighted by molar-refractivity contribution is 7.13. The van der Waals surface area contributed by atoms with Gasteiger partial charge in [-0.1, -0.05) is 25.1 Å². The third-order valence-electron chi connectivity index (χ3n) is 6.56. The van der Waals surface area contributed by atoms with Crippen LogP contribution < -0.4 is 10.5 Å². The number of nitrogens with one attached hydrogen (secondary N) is 1. The van der Waals surface area contributed by atoms with Crippen molar-refractivity contribution in [3.05, 3.63) is 69.5 Å². The molecular formula is C25H28N4OS. The molecule has 0 aliphatic carbocycles. The van der Waals surface area contributed by atoms with Gasteiger partial charge in [0, 0.05) is 54.6 Å². The van der Waals surface area contributed by atoms with Crippen molar-refractivity contribution < 1.29 is 0 Å². The topological polar surface area (TPSA) is 52.2 Å². The van der Waals surface area contributed by atoms with Gasteiger partial charge in [0.25, 0.3) is 5.56 Å². The maximum absolute atomic E-state index is 12.2. The molecule has 3 heterocycles. The Bertz CT molecular complexity index is 1280. The number of H-pyrrole nitrogens is 1. The Hall–Kier alpha value is -2.70. The molecule has 2 aromatic carbocycles. The van der Waals surface area contributed by atoms with Gasteiger partial charge in [-0.25, -0.2) is 0 Å². The number of fused-ring (bicyclic) bond motifs is 2. The number of rotatable bonds is 5. The van der Waals surface area contributed by atoms with Gasteiger partial charge >= 0.3 is 0 Å². The second kappa shape index (κ2) is 8.44. The average Bonchev–Trinajstić information content (AvgIpc) is 3.23. The molecule has 1 fully saturated rings. The molecule has 0 atom stereocenters. The van der Waals surface area contributed by atoms with E-state index in [1.807, 2.05) is 6.92 Å². The van der Waals surface area contributed by atoms with Crippen LogP contribution in [-0.4, -0.2) is 47.0 Å². The van der Waals surface area contributed by atoms with E-state index in [-0.39, 0.29) is 5.56 Å². The van der Waals surface area contributed by atoms with Gasteiger partial charge in [-0.3, -0.25) is 9.69 Å². The molecule has 1 aliphatic rings. The molecule has 0 amide bonds. The number of nitrogens with zero attached hydrogens (tertiary/aromatic N) is 3. The van der Waals surface area contributed by atoms with Crippen molar-refractivity contribution in [3.63, 3.8) is 0 Å². The molecule has 31 heavy (non-hydrogen) atoms. The molecule has 0 radical (unpaired) electrons. The maximum Gasteiger partial charge on any atom is 0.251 e. The van der Waals surface area contributed by atoms with E-state index < -0.39 is 0 Å². The molecule has 5 rings (SSSR count). The lowest BCUT2D eigenvalue weighted by Crippen LogP contribution is -2.47. The molecule has 5 nitrogen and oxygen atoms in total. The monoisotopic (exact) mass is 432 g/mol. The van der Waals surface area contributed by atoms with Gasteiger partial charge in [-0.2, -0.15) is 4.37 Å². The summed E-state index contributed by atoms with van der Waals surface area (Å²) >= 11 is 1.59. The molecule has 1 saturated heterocycles. The first-order valence-corrected chi connectivity index (χ1v) is 11.9. The first kappa shape index (κ1) is 20.2. The SMILES string of the molecule is CCc1c(C)c2cc(CCN3CCN(c4nsc5ccccc45)CC3)ccc2[nH]c1=O. The Balaban J connectivity index is 1.24. The van der Waals surface area contributed by atoms with Crippen LogP contribution in [0.2, 0.25) is 0 Å². The summed E-state index contributed by atoms with van der Waals surface area (Å²) in [5.74, 6) is 1.14.